The first kappa shape index (κ1) is 19.3. The van der Waals surface area contributed by atoms with Crippen LogP contribution in [0.15, 0.2) is 36.4 Å². The molecule has 1 amide bonds. The van der Waals surface area contributed by atoms with Gasteiger partial charge in [0.1, 0.15) is 11.6 Å². The van der Waals surface area contributed by atoms with E-state index in [4.69, 9.17) is 0 Å². The summed E-state index contributed by atoms with van der Waals surface area (Å²) in [5.41, 5.74) is 2.48. The van der Waals surface area contributed by atoms with Gasteiger partial charge in [0.2, 0.25) is 0 Å². The van der Waals surface area contributed by atoms with E-state index in [0.29, 0.717) is 11.1 Å². The van der Waals surface area contributed by atoms with Crippen LogP contribution in [0.5, 0.6) is 0 Å². The highest BCUT2D eigenvalue weighted by molar-refractivity contribution is 5.94. The quantitative estimate of drug-likeness (QED) is 0.891. The third-order valence-electron chi connectivity index (χ3n) is 5.07. The van der Waals surface area contributed by atoms with Gasteiger partial charge in [0.15, 0.2) is 0 Å². The van der Waals surface area contributed by atoms with Gasteiger partial charge in [-0.25, -0.2) is 8.78 Å². The summed E-state index contributed by atoms with van der Waals surface area (Å²) in [7, 11) is 2.08. The molecule has 0 aliphatic carbocycles. The molecule has 144 valence electrons. The van der Waals surface area contributed by atoms with E-state index in [2.05, 4.69) is 22.2 Å². The second-order valence-electron chi connectivity index (χ2n) is 7.15. The molecule has 0 spiro atoms. The number of piperazine rings is 1. The third kappa shape index (κ3) is 4.45. The number of likely N-dealkylation sites (N-methyl/N-ethyl adjacent to an activating group) is 1. The Morgan fingerprint density at radius 3 is 2.44 bits per heavy atom. The number of aryl methyl sites for hydroxylation is 1. The van der Waals surface area contributed by atoms with Gasteiger partial charge in [-0.1, -0.05) is 0 Å². The van der Waals surface area contributed by atoms with Crippen molar-refractivity contribution in [2.75, 3.05) is 38.1 Å². The van der Waals surface area contributed by atoms with Crippen LogP contribution in [0.2, 0.25) is 0 Å². The van der Waals surface area contributed by atoms with Gasteiger partial charge in [-0.2, -0.15) is 0 Å². The highest BCUT2D eigenvalue weighted by Gasteiger charge is 2.21. The summed E-state index contributed by atoms with van der Waals surface area (Å²) in [6.45, 7) is 7.04. The van der Waals surface area contributed by atoms with Crippen molar-refractivity contribution in [1.29, 1.82) is 0 Å². The van der Waals surface area contributed by atoms with Crippen LogP contribution in [-0.4, -0.2) is 44.0 Å². The fourth-order valence-corrected chi connectivity index (χ4v) is 3.35. The lowest BCUT2D eigenvalue weighted by Crippen LogP contribution is -2.45. The zero-order valence-corrected chi connectivity index (χ0v) is 15.9. The number of hydrogen-bond acceptors (Lipinski definition) is 3. The second-order valence-corrected chi connectivity index (χ2v) is 7.15. The van der Waals surface area contributed by atoms with E-state index in [1.54, 1.807) is 13.0 Å². The summed E-state index contributed by atoms with van der Waals surface area (Å²) in [6.07, 6.45) is 0. The van der Waals surface area contributed by atoms with Gasteiger partial charge in [0.05, 0.1) is 6.04 Å². The zero-order valence-electron chi connectivity index (χ0n) is 15.9. The number of anilines is 1. The molecular weight excluding hydrogens is 348 g/mol. The first-order chi connectivity index (χ1) is 12.8. The Labute approximate surface area is 158 Å². The second kappa shape index (κ2) is 8.05. The first-order valence-electron chi connectivity index (χ1n) is 9.15. The van der Waals surface area contributed by atoms with Gasteiger partial charge >= 0.3 is 0 Å². The van der Waals surface area contributed by atoms with Gasteiger partial charge in [-0.05, 0) is 62.9 Å². The van der Waals surface area contributed by atoms with Crippen molar-refractivity contribution in [1.82, 2.24) is 10.2 Å². The maximum atomic E-state index is 13.9. The molecule has 6 heteroatoms. The number of halogens is 2. The molecule has 2 aromatic rings. The van der Waals surface area contributed by atoms with E-state index in [1.165, 1.54) is 30.3 Å². The maximum absolute atomic E-state index is 13.9. The lowest BCUT2D eigenvalue weighted by Gasteiger charge is -2.36. The van der Waals surface area contributed by atoms with Crippen LogP contribution in [0.1, 0.15) is 34.5 Å². The molecule has 0 aromatic heterocycles. The van der Waals surface area contributed by atoms with Crippen molar-refractivity contribution in [2.45, 2.75) is 19.9 Å². The number of nitrogens with zero attached hydrogens (tertiary/aromatic N) is 2. The standard InChI is InChI=1S/C21H25F2N3O/c1-14-12-16(4-6-19(14)23)21(27)24-15(2)18-13-17(22)5-7-20(18)26-10-8-25(3)9-11-26/h4-7,12-13,15H,8-11H2,1-3H3,(H,24,27). The van der Waals surface area contributed by atoms with E-state index >= 15 is 0 Å². The number of rotatable bonds is 4. The van der Waals surface area contributed by atoms with Gasteiger partial charge in [-0.15, -0.1) is 0 Å². The summed E-state index contributed by atoms with van der Waals surface area (Å²) in [5.74, 6) is -0.983. The fourth-order valence-electron chi connectivity index (χ4n) is 3.35. The minimum absolute atomic E-state index is 0.306. The Morgan fingerprint density at radius 1 is 1.07 bits per heavy atom. The Hall–Kier alpha value is -2.47. The largest absolute Gasteiger partial charge is 0.369 e. The third-order valence-corrected chi connectivity index (χ3v) is 5.07. The summed E-state index contributed by atoms with van der Waals surface area (Å²) < 4.78 is 27.4. The first-order valence-corrected chi connectivity index (χ1v) is 9.15. The van der Waals surface area contributed by atoms with Crippen molar-refractivity contribution in [3.63, 3.8) is 0 Å². The predicted molar refractivity (Wildman–Crippen MR) is 103 cm³/mol. The van der Waals surface area contributed by atoms with Gasteiger partial charge < -0.3 is 15.1 Å². The summed E-state index contributed by atoms with van der Waals surface area (Å²) in [5, 5.41) is 2.91. The molecule has 1 saturated heterocycles. The zero-order chi connectivity index (χ0) is 19.6. The highest BCUT2D eigenvalue weighted by Crippen LogP contribution is 2.28. The van der Waals surface area contributed by atoms with E-state index in [0.717, 1.165) is 37.4 Å². The van der Waals surface area contributed by atoms with Crippen LogP contribution >= 0.6 is 0 Å². The molecule has 4 nitrogen and oxygen atoms in total. The molecule has 1 atom stereocenters. The monoisotopic (exact) mass is 373 g/mol. The van der Waals surface area contributed by atoms with Gasteiger partial charge in [0.25, 0.3) is 5.91 Å². The number of benzene rings is 2. The molecule has 2 aromatic carbocycles. The van der Waals surface area contributed by atoms with E-state index in [-0.39, 0.29) is 23.6 Å². The lowest BCUT2D eigenvalue weighted by molar-refractivity contribution is 0.0939. The molecule has 1 aliphatic rings. The van der Waals surface area contributed by atoms with Crippen LogP contribution in [0, 0.1) is 18.6 Å². The number of carbonyl (C=O) groups excluding carboxylic acids is 1. The van der Waals surface area contributed by atoms with E-state index < -0.39 is 0 Å². The van der Waals surface area contributed by atoms with Crippen molar-refractivity contribution >= 4 is 11.6 Å². The number of hydrogen-bond donors (Lipinski definition) is 1. The van der Waals surface area contributed by atoms with Crippen LogP contribution in [0.25, 0.3) is 0 Å². The molecule has 1 fully saturated rings. The maximum Gasteiger partial charge on any atom is 0.251 e. The molecule has 3 rings (SSSR count). The molecule has 1 unspecified atom stereocenters. The van der Waals surface area contributed by atoms with Crippen molar-refractivity contribution in [2.24, 2.45) is 0 Å². The molecule has 0 saturated carbocycles. The average molecular weight is 373 g/mol. The molecule has 0 radical (unpaired) electrons. The van der Waals surface area contributed by atoms with Crippen molar-refractivity contribution in [3.05, 3.63) is 64.7 Å². The molecule has 0 bridgehead atoms. The van der Waals surface area contributed by atoms with Crippen LogP contribution in [0.3, 0.4) is 0 Å². The number of amides is 1. The molecule has 27 heavy (non-hydrogen) atoms. The Bertz CT molecular complexity index is 832. The number of nitrogens with one attached hydrogen (secondary N) is 1. The van der Waals surface area contributed by atoms with E-state index in [1.807, 2.05) is 6.92 Å². The Kier molecular flexibility index (Phi) is 5.75. The van der Waals surface area contributed by atoms with E-state index in [9.17, 15) is 13.6 Å². The molecule has 1 aliphatic heterocycles. The smallest absolute Gasteiger partial charge is 0.251 e. The lowest BCUT2D eigenvalue weighted by atomic mass is 10.0. The molecule has 1 heterocycles. The van der Waals surface area contributed by atoms with Crippen LogP contribution in [0.4, 0.5) is 14.5 Å². The van der Waals surface area contributed by atoms with Crippen molar-refractivity contribution < 1.29 is 13.6 Å². The fraction of sp³-hybridized carbons (Fsp3) is 0.381. The average Bonchev–Trinajstić information content (AvgIpc) is 2.64. The van der Waals surface area contributed by atoms with Gasteiger partial charge in [-0.3, -0.25) is 4.79 Å². The summed E-state index contributed by atoms with van der Waals surface area (Å²) in [6, 6.07) is 8.59. The molecular formula is C21H25F2N3O. The van der Waals surface area contributed by atoms with Gasteiger partial charge in [0, 0.05) is 43.0 Å². The molecule has 1 N–H and O–H groups in total. The van der Waals surface area contributed by atoms with Crippen LogP contribution in [-0.2, 0) is 0 Å². The highest BCUT2D eigenvalue weighted by atomic mass is 19.1. The van der Waals surface area contributed by atoms with Crippen molar-refractivity contribution in [3.8, 4) is 0 Å². The topological polar surface area (TPSA) is 35.6 Å². The minimum Gasteiger partial charge on any atom is -0.369 e. The Morgan fingerprint density at radius 2 is 1.78 bits per heavy atom. The van der Waals surface area contributed by atoms with Crippen LogP contribution < -0.4 is 10.2 Å². The summed E-state index contributed by atoms with van der Waals surface area (Å²) in [4.78, 5) is 17.0. The minimum atomic E-state index is -0.381. The SMILES string of the molecule is Cc1cc(C(=O)NC(C)c2cc(F)ccc2N2CCN(C)CC2)ccc1F. The normalized spacial score (nSPS) is 16.3. The number of carbonyl (C=O) groups is 1. The predicted octanol–water partition coefficient (Wildman–Crippen LogP) is 3.52. The summed E-state index contributed by atoms with van der Waals surface area (Å²) >= 11 is 0. The Balaban J connectivity index is 1.81.